The first-order valence-electron chi connectivity index (χ1n) is 5.13. The van der Waals surface area contributed by atoms with Crippen molar-refractivity contribution in [3.05, 3.63) is 35.6 Å². The Kier molecular flexibility index (Phi) is 2.27. The summed E-state index contributed by atoms with van der Waals surface area (Å²) in [5.74, 6) is -0.519. The molecular formula is C11H9N5OS. The molecule has 18 heavy (non-hydrogen) atoms. The lowest BCUT2D eigenvalue weighted by atomic mass is 10.2. The van der Waals surface area contributed by atoms with E-state index in [4.69, 9.17) is 11.5 Å². The maximum atomic E-state index is 11.0. The van der Waals surface area contributed by atoms with Gasteiger partial charge < -0.3 is 11.5 Å². The van der Waals surface area contributed by atoms with Crippen LogP contribution in [0.5, 0.6) is 0 Å². The number of fused-ring (bicyclic) bond motifs is 1. The van der Waals surface area contributed by atoms with Crippen LogP contribution in [0.1, 0.15) is 10.4 Å². The number of amides is 1. The highest BCUT2D eigenvalue weighted by Gasteiger charge is 2.11. The maximum absolute atomic E-state index is 11.0. The van der Waals surface area contributed by atoms with Crippen molar-refractivity contribution < 1.29 is 4.79 Å². The van der Waals surface area contributed by atoms with Crippen molar-refractivity contribution in [3.8, 4) is 5.69 Å². The number of carbonyl (C=O) groups excluding carboxylic acids is 1. The summed E-state index contributed by atoms with van der Waals surface area (Å²) in [7, 11) is 0. The van der Waals surface area contributed by atoms with E-state index < -0.39 is 5.91 Å². The van der Waals surface area contributed by atoms with Crippen LogP contribution in [0.4, 0.5) is 5.69 Å². The molecule has 1 amide bonds. The normalized spacial score (nSPS) is 10.9. The zero-order chi connectivity index (χ0) is 12.7. The Hall–Kier alpha value is -2.41. The van der Waals surface area contributed by atoms with Gasteiger partial charge >= 0.3 is 0 Å². The zero-order valence-electron chi connectivity index (χ0n) is 9.20. The van der Waals surface area contributed by atoms with Crippen molar-refractivity contribution >= 4 is 33.1 Å². The SMILES string of the molecule is NC(=O)c1cnn(-c2ccc3scnc3c2N)c1. The molecule has 2 heterocycles. The monoisotopic (exact) mass is 259 g/mol. The fraction of sp³-hybridized carbons (Fsp3) is 0. The first-order chi connectivity index (χ1) is 8.66. The average molecular weight is 259 g/mol. The molecule has 4 N–H and O–H groups in total. The summed E-state index contributed by atoms with van der Waals surface area (Å²) < 4.78 is 2.53. The third-order valence-electron chi connectivity index (χ3n) is 2.63. The molecule has 3 rings (SSSR count). The van der Waals surface area contributed by atoms with E-state index in [0.717, 1.165) is 10.2 Å². The maximum Gasteiger partial charge on any atom is 0.251 e. The summed E-state index contributed by atoms with van der Waals surface area (Å²) in [6.07, 6.45) is 2.96. The highest BCUT2D eigenvalue weighted by molar-refractivity contribution is 7.16. The molecule has 0 saturated carbocycles. The summed E-state index contributed by atoms with van der Waals surface area (Å²) in [6, 6.07) is 3.76. The Morgan fingerprint density at radius 1 is 1.39 bits per heavy atom. The van der Waals surface area contributed by atoms with Gasteiger partial charge in [0.15, 0.2) is 0 Å². The molecule has 0 aliphatic rings. The third kappa shape index (κ3) is 1.52. The highest BCUT2D eigenvalue weighted by Crippen LogP contribution is 2.28. The van der Waals surface area contributed by atoms with E-state index in [1.807, 2.05) is 12.1 Å². The van der Waals surface area contributed by atoms with Crippen LogP contribution >= 0.6 is 11.3 Å². The number of primary amides is 1. The standard InChI is InChI=1S/C11H9N5OS/c12-9-7(1-2-8-10(9)14-5-18-8)16-4-6(3-15-16)11(13)17/h1-5H,12H2,(H2,13,17). The van der Waals surface area contributed by atoms with Crippen molar-refractivity contribution in [2.24, 2.45) is 5.73 Å². The molecule has 0 spiro atoms. The van der Waals surface area contributed by atoms with Crippen molar-refractivity contribution in [1.82, 2.24) is 14.8 Å². The smallest absolute Gasteiger partial charge is 0.251 e. The van der Waals surface area contributed by atoms with Crippen LogP contribution in [-0.4, -0.2) is 20.7 Å². The molecule has 6 nitrogen and oxygen atoms in total. The van der Waals surface area contributed by atoms with Crippen LogP contribution in [0.15, 0.2) is 30.0 Å². The van der Waals surface area contributed by atoms with E-state index in [0.29, 0.717) is 16.9 Å². The van der Waals surface area contributed by atoms with E-state index in [1.54, 1.807) is 11.7 Å². The van der Waals surface area contributed by atoms with E-state index in [1.165, 1.54) is 22.2 Å². The van der Waals surface area contributed by atoms with Gasteiger partial charge in [0.25, 0.3) is 5.91 Å². The lowest BCUT2D eigenvalue weighted by Crippen LogP contribution is -2.09. The molecule has 3 aromatic rings. The number of rotatable bonds is 2. The molecule has 2 aromatic heterocycles. The zero-order valence-corrected chi connectivity index (χ0v) is 10.0. The highest BCUT2D eigenvalue weighted by atomic mass is 32.1. The molecule has 1 aromatic carbocycles. The predicted molar refractivity (Wildman–Crippen MR) is 69.7 cm³/mol. The first-order valence-corrected chi connectivity index (χ1v) is 6.01. The topological polar surface area (TPSA) is 99.8 Å². The fourth-order valence-corrected chi connectivity index (χ4v) is 2.42. The summed E-state index contributed by atoms with van der Waals surface area (Å²) in [5, 5.41) is 4.07. The van der Waals surface area contributed by atoms with Gasteiger partial charge in [0.2, 0.25) is 0 Å². The third-order valence-corrected chi connectivity index (χ3v) is 3.43. The molecule has 90 valence electrons. The van der Waals surface area contributed by atoms with Gasteiger partial charge in [0.1, 0.15) is 5.52 Å². The largest absolute Gasteiger partial charge is 0.395 e. The van der Waals surface area contributed by atoms with E-state index >= 15 is 0 Å². The second kappa shape index (κ2) is 3.81. The molecule has 0 unspecified atom stereocenters. The number of hydrogen-bond donors (Lipinski definition) is 2. The van der Waals surface area contributed by atoms with Gasteiger partial charge in [0, 0.05) is 6.20 Å². The number of carbonyl (C=O) groups is 1. The van der Waals surface area contributed by atoms with Crippen molar-refractivity contribution in [3.63, 3.8) is 0 Å². The van der Waals surface area contributed by atoms with Gasteiger partial charge in [-0.05, 0) is 12.1 Å². The van der Waals surface area contributed by atoms with Gasteiger partial charge in [-0.2, -0.15) is 5.10 Å². The second-order valence-electron chi connectivity index (χ2n) is 3.74. The Bertz CT molecular complexity index is 745. The average Bonchev–Trinajstić information content (AvgIpc) is 2.97. The second-order valence-corrected chi connectivity index (χ2v) is 4.62. The Labute approximate surface area is 106 Å². The van der Waals surface area contributed by atoms with Crippen LogP contribution in [-0.2, 0) is 0 Å². The van der Waals surface area contributed by atoms with Crippen LogP contribution < -0.4 is 11.5 Å². The number of anilines is 1. The lowest BCUT2D eigenvalue weighted by Gasteiger charge is -2.05. The van der Waals surface area contributed by atoms with Gasteiger partial charge in [0.05, 0.1) is 33.3 Å². The van der Waals surface area contributed by atoms with Crippen LogP contribution in [0, 0.1) is 0 Å². The fourth-order valence-electron chi connectivity index (χ4n) is 1.72. The molecule has 0 aliphatic heterocycles. The molecule has 7 heteroatoms. The molecule has 0 radical (unpaired) electrons. The Morgan fingerprint density at radius 2 is 2.22 bits per heavy atom. The number of nitrogens with two attached hydrogens (primary N) is 2. The first kappa shape index (κ1) is 10.7. The summed E-state index contributed by atoms with van der Waals surface area (Å²) in [4.78, 5) is 15.2. The Balaban J connectivity index is 2.18. The number of nitrogen functional groups attached to an aromatic ring is 1. The van der Waals surface area contributed by atoms with Crippen molar-refractivity contribution in [2.75, 3.05) is 5.73 Å². The minimum Gasteiger partial charge on any atom is -0.395 e. The molecule has 0 saturated heterocycles. The van der Waals surface area contributed by atoms with Crippen LogP contribution in [0.3, 0.4) is 0 Å². The Morgan fingerprint density at radius 3 is 2.94 bits per heavy atom. The summed E-state index contributed by atoms with van der Waals surface area (Å²) in [6.45, 7) is 0. The van der Waals surface area contributed by atoms with Crippen molar-refractivity contribution in [1.29, 1.82) is 0 Å². The van der Waals surface area contributed by atoms with Gasteiger partial charge in [-0.3, -0.25) is 4.79 Å². The molecule has 0 aliphatic carbocycles. The van der Waals surface area contributed by atoms with Crippen LogP contribution in [0.2, 0.25) is 0 Å². The van der Waals surface area contributed by atoms with Gasteiger partial charge in [-0.1, -0.05) is 0 Å². The number of thiazole rings is 1. The molecule has 0 bridgehead atoms. The molecular weight excluding hydrogens is 250 g/mol. The number of hydrogen-bond acceptors (Lipinski definition) is 5. The van der Waals surface area contributed by atoms with Gasteiger partial charge in [-0.25, -0.2) is 9.67 Å². The molecule has 0 atom stereocenters. The van der Waals surface area contributed by atoms with E-state index in [2.05, 4.69) is 10.1 Å². The minimum absolute atomic E-state index is 0.341. The number of nitrogens with zero attached hydrogens (tertiary/aromatic N) is 3. The molecule has 0 fully saturated rings. The lowest BCUT2D eigenvalue weighted by molar-refractivity contribution is 0.100. The predicted octanol–water partition coefficient (Wildman–Crippen LogP) is 1.16. The summed E-state index contributed by atoms with van der Waals surface area (Å²) >= 11 is 1.52. The van der Waals surface area contributed by atoms with Crippen LogP contribution in [0.25, 0.3) is 15.9 Å². The minimum atomic E-state index is -0.519. The van der Waals surface area contributed by atoms with E-state index in [-0.39, 0.29) is 0 Å². The number of benzene rings is 1. The number of aromatic nitrogens is 3. The van der Waals surface area contributed by atoms with Crippen molar-refractivity contribution in [2.45, 2.75) is 0 Å². The van der Waals surface area contributed by atoms with E-state index in [9.17, 15) is 4.79 Å². The van der Waals surface area contributed by atoms with Gasteiger partial charge in [-0.15, -0.1) is 11.3 Å². The quantitative estimate of drug-likeness (QED) is 0.674. The summed E-state index contributed by atoms with van der Waals surface area (Å²) in [5.41, 5.74) is 15.3.